The zero-order valence-electron chi connectivity index (χ0n) is 11.6. The van der Waals surface area contributed by atoms with E-state index in [4.69, 9.17) is 9.47 Å². The van der Waals surface area contributed by atoms with Crippen LogP contribution in [-0.4, -0.2) is 50.1 Å². The zero-order chi connectivity index (χ0) is 13.6. The smallest absolute Gasteiger partial charge is 0.324 e. The molecule has 3 atom stereocenters. The van der Waals surface area contributed by atoms with Gasteiger partial charge >= 0.3 is 5.97 Å². The molecule has 18 heavy (non-hydrogen) atoms. The molecule has 5 nitrogen and oxygen atoms in total. The summed E-state index contributed by atoms with van der Waals surface area (Å²) < 4.78 is 10.6. The average molecular weight is 259 g/mol. The van der Waals surface area contributed by atoms with Gasteiger partial charge in [-0.15, -0.1) is 0 Å². The summed E-state index contributed by atoms with van der Waals surface area (Å²) in [6, 6.07) is 0. The van der Waals surface area contributed by atoms with Crippen LogP contribution in [0.25, 0.3) is 0 Å². The number of likely N-dealkylation sites (N-methyl/N-ethyl adjacent to an activating group) is 1. The maximum Gasteiger partial charge on any atom is 0.324 e. The molecule has 2 N–H and O–H groups in total. The topological polar surface area (TPSA) is 67.8 Å². The van der Waals surface area contributed by atoms with Gasteiger partial charge in [-0.25, -0.2) is 0 Å². The van der Waals surface area contributed by atoms with Gasteiger partial charge in [-0.1, -0.05) is 6.42 Å². The van der Waals surface area contributed by atoms with E-state index in [0.717, 1.165) is 19.3 Å². The summed E-state index contributed by atoms with van der Waals surface area (Å²) in [5.41, 5.74) is -0.756. The SMILES string of the molecule is CNC1(C(=O)O)CCCC1CCOC(C)COC. The Balaban J connectivity index is 2.43. The fourth-order valence-electron chi connectivity index (χ4n) is 2.88. The Morgan fingerprint density at radius 1 is 1.61 bits per heavy atom. The van der Waals surface area contributed by atoms with E-state index in [1.165, 1.54) is 0 Å². The molecule has 0 aromatic carbocycles. The van der Waals surface area contributed by atoms with Crippen LogP contribution in [0.5, 0.6) is 0 Å². The maximum atomic E-state index is 11.4. The van der Waals surface area contributed by atoms with Gasteiger partial charge in [0.1, 0.15) is 5.54 Å². The van der Waals surface area contributed by atoms with Gasteiger partial charge in [0, 0.05) is 13.7 Å². The van der Waals surface area contributed by atoms with E-state index < -0.39 is 11.5 Å². The molecule has 0 amide bonds. The summed E-state index contributed by atoms with van der Waals surface area (Å²) in [5, 5.41) is 12.4. The number of hydrogen-bond acceptors (Lipinski definition) is 4. The fourth-order valence-corrected chi connectivity index (χ4v) is 2.88. The standard InChI is InChI=1S/C13H25NO4/c1-10(9-17-3)18-8-6-11-5-4-7-13(11,14-2)12(15)16/h10-11,14H,4-9H2,1-3H3,(H,15,16). The average Bonchev–Trinajstić information content (AvgIpc) is 2.73. The molecule has 5 heteroatoms. The molecule has 0 aromatic rings. The third-order valence-electron chi connectivity index (χ3n) is 3.92. The molecule has 0 saturated heterocycles. The minimum absolute atomic E-state index is 0.0604. The summed E-state index contributed by atoms with van der Waals surface area (Å²) in [6.45, 7) is 3.12. The normalized spacial score (nSPS) is 29.4. The Kier molecular flexibility index (Phi) is 6.05. The molecule has 106 valence electrons. The number of rotatable bonds is 8. The number of ether oxygens (including phenoxy) is 2. The number of carbonyl (C=O) groups is 1. The number of carboxylic acids is 1. The van der Waals surface area contributed by atoms with Crippen LogP contribution >= 0.6 is 0 Å². The largest absolute Gasteiger partial charge is 0.480 e. The van der Waals surface area contributed by atoms with Crippen LogP contribution < -0.4 is 5.32 Å². The number of methoxy groups -OCH3 is 1. The van der Waals surface area contributed by atoms with Gasteiger partial charge in [-0.05, 0) is 39.2 Å². The van der Waals surface area contributed by atoms with Crippen LogP contribution in [0.4, 0.5) is 0 Å². The van der Waals surface area contributed by atoms with Crippen LogP contribution in [0.3, 0.4) is 0 Å². The molecular weight excluding hydrogens is 234 g/mol. The third-order valence-corrected chi connectivity index (χ3v) is 3.92. The number of carboxylic acid groups (broad SMARTS) is 1. The van der Waals surface area contributed by atoms with Crippen LogP contribution in [-0.2, 0) is 14.3 Å². The Bertz CT molecular complexity index is 272. The summed E-state index contributed by atoms with van der Waals surface area (Å²) in [5.74, 6) is -0.591. The van der Waals surface area contributed by atoms with Crippen molar-refractivity contribution in [2.24, 2.45) is 5.92 Å². The highest BCUT2D eigenvalue weighted by atomic mass is 16.5. The zero-order valence-corrected chi connectivity index (χ0v) is 11.6. The highest BCUT2D eigenvalue weighted by molar-refractivity contribution is 5.79. The predicted molar refractivity (Wildman–Crippen MR) is 68.7 cm³/mol. The van der Waals surface area contributed by atoms with Gasteiger partial charge in [0.2, 0.25) is 0 Å². The second kappa shape index (κ2) is 7.07. The Hall–Kier alpha value is -0.650. The van der Waals surface area contributed by atoms with Crippen LogP contribution in [0.15, 0.2) is 0 Å². The number of aliphatic carboxylic acids is 1. The molecule has 1 saturated carbocycles. The molecule has 0 heterocycles. The summed E-state index contributed by atoms with van der Waals surface area (Å²) >= 11 is 0. The van der Waals surface area contributed by atoms with E-state index in [0.29, 0.717) is 19.6 Å². The van der Waals surface area contributed by atoms with Gasteiger partial charge < -0.3 is 19.9 Å². The van der Waals surface area contributed by atoms with Gasteiger partial charge in [-0.2, -0.15) is 0 Å². The molecule has 0 aliphatic heterocycles. The van der Waals surface area contributed by atoms with E-state index in [9.17, 15) is 9.90 Å². The fraction of sp³-hybridized carbons (Fsp3) is 0.923. The molecule has 0 radical (unpaired) electrons. The molecule has 1 aliphatic carbocycles. The van der Waals surface area contributed by atoms with E-state index >= 15 is 0 Å². The Labute approximate surface area is 109 Å². The predicted octanol–water partition coefficient (Wildman–Crippen LogP) is 1.27. The lowest BCUT2D eigenvalue weighted by molar-refractivity contribution is -0.146. The lowest BCUT2D eigenvalue weighted by Crippen LogP contribution is -2.53. The highest BCUT2D eigenvalue weighted by Gasteiger charge is 2.47. The molecule has 3 unspecified atom stereocenters. The van der Waals surface area contributed by atoms with Crippen molar-refractivity contribution >= 4 is 5.97 Å². The first-order valence-electron chi connectivity index (χ1n) is 6.59. The van der Waals surface area contributed by atoms with Gasteiger partial charge in [-0.3, -0.25) is 4.79 Å². The molecule has 0 aromatic heterocycles. The quantitative estimate of drug-likeness (QED) is 0.687. The van der Waals surface area contributed by atoms with Gasteiger partial charge in [0.05, 0.1) is 12.7 Å². The van der Waals surface area contributed by atoms with Crippen LogP contribution in [0.2, 0.25) is 0 Å². The maximum absolute atomic E-state index is 11.4. The van der Waals surface area contributed by atoms with E-state index in [-0.39, 0.29) is 12.0 Å². The van der Waals surface area contributed by atoms with E-state index in [1.807, 2.05) is 6.92 Å². The minimum Gasteiger partial charge on any atom is -0.480 e. The van der Waals surface area contributed by atoms with E-state index in [1.54, 1.807) is 14.2 Å². The number of nitrogens with one attached hydrogen (secondary N) is 1. The monoisotopic (exact) mass is 259 g/mol. The lowest BCUT2D eigenvalue weighted by Gasteiger charge is -2.31. The summed E-state index contributed by atoms with van der Waals surface area (Å²) in [4.78, 5) is 11.4. The van der Waals surface area contributed by atoms with Crippen molar-refractivity contribution in [1.29, 1.82) is 0 Å². The number of hydrogen-bond donors (Lipinski definition) is 2. The molecule has 1 rings (SSSR count). The van der Waals surface area contributed by atoms with Crippen molar-refractivity contribution in [2.45, 2.75) is 44.2 Å². The third kappa shape index (κ3) is 3.43. The van der Waals surface area contributed by atoms with Gasteiger partial charge in [0.25, 0.3) is 0 Å². The molecule has 0 bridgehead atoms. The first kappa shape index (κ1) is 15.4. The van der Waals surface area contributed by atoms with Crippen molar-refractivity contribution in [1.82, 2.24) is 5.32 Å². The minimum atomic E-state index is -0.756. The molecule has 1 fully saturated rings. The Morgan fingerprint density at radius 3 is 2.89 bits per heavy atom. The highest BCUT2D eigenvalue weighted by Crippen LogP contribution is 2.38. The summed E-state index contributed by atoms with van der Waals surface area (Å²) in [7, 11) is 3.38. The van der Waals surface area contributed by atoms with Crippen molar-refractivity contribution < 1.29 is 19.4 Å². The second-order valence-electron chi connectivity index (χ2n) is 5.04. The first-order valence-corrected chi connectivity index (χ1v) is 6.59. The Morgan fingerprint density at radius 2 is 2.33 bits per heavy atom. The first-order chi connectivity index (χ1) is 8.56. The van der Waals surface area contributed by atoms with Crippen molar-refractivity contribution in [3.63, 3.8) is 0 Å². The molecular formula is C13H25NO4. The van der Waals surface area contributed by atoms with Crippen molar-refractivity contribution in [3.05, 3.63) is 0 Å². The van der Waals surface area contributed by atoms with Gasteiger partial charge in [0.15, 0.2) is 0 Å². The molecule has 0 spiro atoms. The summed E-state index contributed by atoms with van der Waals surface area (Å²) in [6.07, 6.45) is 3.46. The van der Waals surface area contributed by atoms with Crippen molar-refractivity contribution in [2.75, 3.05) is 27.4 Å². The lowest BCUT2D eigenvalue weighted by atomic mass is 9.85. The molecule has 1 aliphatic rings. The van der Waals surface area contributed by atoms with Crippen LogP contribution in [0, 0.1) is 5.92 Å². The van der Waals surface area contributed by atoms with Crippen LogP contribution in [0.1, 0.15) is 32.6 Å². The second-order valence-corrected chi connectivity index (χ2v) is 5.04. The van der Waals surface area contributed by atoms with Crippen molar-refractivity contribution in [3.8, 4) is 0 Å². The van der Waals surface area contributed by atoms with E-state index in [2.05, 4.69) is 5.32 Å².